The molecule has 14 rings (SSSR count). The summed E-state index contributed by atoms with van der Waals surface area (Å²) in [5.41, 5.74) is 6.35. The van der Waals surface area contributed by atoms with Gasteiger partial charge in [0.25, 0.3) is 23.6 Å². The average molecular weight is 1040 g/mol. The molecule has 4 bridgehead atoms. The minimum atomic E-state index is -0.584. The third-order valence-electron chi connectivity index (χ3n) is 20.0. The quantitative estimate of drug-likeness (QED) is 0.0959. The molecule has 78 heavy (non-hydrogen) atoms. The molecule has 12 unspecified atom stereocenters. The standard InChI is InChI=1S/C65H54N4O9/c1-31-32(2)48-29-47(31)53-54(48)63(76)68(62(53)75)43-19-9-37(10-20-43)25-35-5-15-41(16-6-35)66-58(71)45-23-13-39(27-51(45)60(66)73)57(70)40-14-24-46-52(28-40)61(74)67(59(46)72)42-17-7-36(8-18-42)26-38-11-21-44(22-12-38)69-64(77)55-49-30-50(34(4)33(49)3)56(55)65(69)78/h5-24,27-28,31-34,47-50,53-56H,25-26,29-30H2,1-4H3. The Kier molecular flexibility index (Phi) is 10.6. The summed E-state index contributed by atoms with van der Waals surface area (Å²) in [5.74, 6) is -1.13. The first-order valence-electron chi connectivity index (χ1n) is 27.3. The molecule has 0 N–H and O–H groups in total. The number of fused-ring (bicyclic) bond motifs is 12. The maximum atomic E-state index is 14.0. The second-order valence-corrected chi connectivity index (χ2v) is 23.5. The van der Waals surface area contributed by atoms with Crippen molar-refractivity contribution >= 4 is 75.8 Å². The fourth-order valence-corrected chi connectivity index (χ4v) is 15.6. The first-order valence-corrected chi connectivity index (χ1v) is 27.3. The monoisotopic (exact) mass is 1030 g/mol. The van der Waals surface area contributed by atoms with Crippen LogP contribution in [0.4, 0.5) is 22.7 Å². The van der Waals surface area contributed by atoms with Crippen molar-refractivity contribution in [2.24, 2.45) is 71.0 Å². The van der Waals surface area contributed by atoms with Gasteiger partial charge in [0.1, 0.15) is 0 Å². The van der Waals surface area contributed by atoms with Gasteiger partial charge in [-0.05, 0) is 168 Å². The van der Waals surface area contributed by atoms with Crippen LogP contribution in [0, 0.1) is 71.0 Å². The Bertz CT molecular complexity index is 3390. The summed E-state index contributed by atoms with van der Waals surface area (Å²) in [6.45, 7) is 8.83. The number of imide groups is 4. The minimum absolute atomic E-state index is 0.0668. The van der Waals surface area contributed by atoms with E-state index in [1.807, 2.05) is 72.8 Å². The first kappa shape index (κ1) is 48.0. The fourth-order valence-electron chi connectivity index (χ4n) is 15.6. The topological polar surface area (TPSA) is 167 Å². The van der Waals surface area contributed by atoms with Crippen LogP contribution in [-0.2, 0) is 32.0 Å². The number of ketones is 1. The zero-order chi connectivity index (χ0) is 53.9. The van der Waals surface area contributed by atoms with E-state index in [-0.39, 0.29) is 104 Å². The lowest BCUT2D eigenvalue weighted by Gasteiger charge is -2.31. The van der Waals surface area contributed by atoms with Crippen LogP contribution < -0.4 is 19.6 Å². The molecule has 6 fully saturated rings. The van der Waals surface area contributed by atoms with Crippen LogP contribution in [-0.4, -0.2) is 53.0 Å². The average Bonchev–Trinajstić information content (AvgIpc) is 4.53. The summed E-state index contributed by atoms with van der Waals surface area (Å²) in [6, 6.07) is 37.8. The van der Waals surface area contributed by atoms with E-state index in [1.54, 1.807) is 24.3 Å². The molecule has 0 aromatic heterocycles. The predicted molar refractivity (Wildman–Crippen MR) is 289 cm³/mol. The van der Waals surface area contributed by atoms with Crippen LogP contribution in [0.25, 0.3) is 0 Å². The van der Waals surface area contributed by atoms with Crippen LogP contribution in [0.1, 0.15) is 120 Å². The fraction of sp³-hybridized carbons (Fsp3) is 0.308. The molecule has 0 spiro atoms. The van der Waals surface area contributed by atoms with Crippen molar-refractivity contribution in [3.05, 3.63) is 189 Å². The number of carbonyl (C=O) groups excluding carboxylic acids is 9. The van der Waals surface area contributed by atoms with Gasteiger partial charge in [-0.2, -0.15) is 0 Å². The molecule has 4 heterocycles. The van der Waals surface area contributed by atoms with Crippen molar-refractivity contribution in [3.8, 4) is 0 Å². The van der Waals surface area contributed by atoms with Crippen molar-refractivity contribution in [2.75, 3.05) is 19.6 Å². The molecule has 0 radical (unpaired) electrons. The molecule has 13 heteroatoms. The number of hydrogen-bond donors (Lipinski definition) is 0. The summed E-state index contributed by atoms with van der Waals surface area (Å²) >= 11 is 0. The molecule has 6 aromatic carbocycles. The Balaban J connectivity index is 0.611. The van der Waals surface area contributed by atoms with Gasteiger partial charge < -0.3 is 0 Å². The number of rotatable bonds is 10. The van der Waals surface area contributed by atoms with E-state index >= 15 is 0 Å². The second-order valence-electron chi connectivity index (χ2n) is 23.5. The Morgan fingerprint density at radius 1 is 0.346 bits per heavy atom. The van der Waals surface area contributed by atoms with E-state index in [4.69, 9.17) is 0 Å². The van der Waals surface area contributed by atoms with Gasteiger partial charge in [0, 0.05) is 11.1 Å². The minimum Gasteiger partial charge on any atom is -0.289 e. The van der Waals surface area contributed by atoms with Crippen LogP contribution in [0.5, 0.6) is 0 Å². The maximum Gasteiger partial charge on any atom is 0.266 e. The van der Waals surface area contributed by atoms with E-state index in [0.717, 1.165) is 44.9 Å². The lowest BCUT2D eigenvalue weighted by atomic mass is 9.70. The molecular weight excluding hydrogens is 981 g/mol. The Morgan fingerprint density at radius 3 is 0.885 bits per heavy atom. The number of nitrogens with zero attached hydrogens (tertiary/aromatic N) is 4. The predicted octanol–water partition coefficient (Wildman–Crippen LogP) is 9.76. The Hall–Kier alpha value is -8.45. The first-order chi connectivity index (χ1) is 37.6. The van der Waals surface area contributed by atoms with Gasteiger partial charge in [-0.25, -0.2) is 9.80 Å². The molecule has 8 aliphatic rings. The summed E-state index contributed by atoms with van der Waals surface area (Å²) in [5, 5.41) is 0. The highest BCUT2D eigenvalue weighted by molar-refractivity contribution is 6.36. The number of amides is 8. The number of anilines is 4. The van der Waals surface area contributed by atoms with E-state index in [0.29, 0.717) is 59.3 Å². The summed E-state index contributed by atoms with van der Waals surface area (Å²) < 4.78 is 0. The molecule has 13 nitrogen and oxygen atoms in total. The van der Waals surface area contributed by atoms with Gasteiger partial charge in [-0.3, -0.25) is 53.0 Å². The zero-order valence-electron chi connectivity index (χ0n) is 43.4. The molecule has 6 aromatic rings. The molecule has 8 amide bonds. The number of hydrogen-bond acceptors (Lipinski definition) is 9. The van der Waals surface area contributed by atoms with Crippen molar-refractivity contribution in [1.82, 2.24) is 0 Å². The molecule has 4 aliphatic carbocycles. The highest BCUT2D eigenvalue weighted by Gasteiger charge is 2.66. The van der Waals surface area contributed by atoms with Gasteiger partial charge in [0.2, 0.25) is 23.6 Å². The van der Waals surface area contributed by atoms with Gasteiger partial charge >= 0.3 is 0 Å². The SMILES string of the molecule is CC1C(C)C2CC1C1C(=O)N(c3ccc(Cc4ccc(N5C(=O)c6ccc(C(=O)c7ccc8c(c7)C(=O)N(c7ccc(Cc9ccc(N%10C(=O)C%11C%12CC(C(C)C%12C)C%11C%10=O)cc9)cc7)C8=O)cc6C5=O)cc4)cc3)C(=O)C21. The highest BCUT2D eigenvalue weighted by atomic mass is 16.2. The molecule has 2 saturated heterocycles. The summed E-state index contributed by atoms with van der Waals surface area (Å²) in [4.78, 5) is 129. The Labute approximate surface area is 450 Å². The van der Waals surface area contributed by atoms with Gasteiger partial charge in [0.05, 0.1) is 68.7 Å². The van der Waals surface area contributed by atoms with Crippen LogP contribution in [0.15, 0.2) is 133 Å². The summed E-state index contributed by atoms with van der Waals surface area (Å²) in [6.07, 6.45) is 2.98. The highest BCUT2D eigenvalue weighted by Crippen LogP contribution is 2.62. The van der Waals surface area contributed by atoms with Crippen LogP contribution in [0.2, 0.25) is 0 Å². The van der Waals surface area contributed by atoms with Gasteiger partial charge in [-0.1, -0.05) is 88.4 Å². The molecule has 4 aliphatic heterocycles. The van der Waals surface area contributed by atoms with Crippen molar-refractivity contribution in [3.63, 3.8) is 0 Å². The van der Waals surface area contributed by atoms with Crippen molar-refractivity contribution < 1.29 is 43.2 Å². The third-order valence-corrected chi connectivity index (χ3v) is 20.0. The van der Waals surface area contributed by atoms with Crippen LogP contribution >= 0.6 is 0 Å². The van der Waals surface area contributed by atoms with Crippen molar-refractivity contribution in [2.45, 2.75) is 53.4 Å². The molecular formula is C65H54N4O9. The summed E-state index contributed by atoms with van der Waals surface area (Å²) in [7, 11) is 0. The lowest BCUT2D eigenvalue weighted by Crippen LogP contribution is -2.34. The van der Waals surface area contributed by atoms with E-state index in [9.17, 15) is 43.2 Å². The molecule has 4 saturated carbocycles. The van der Waals surface area contributed by atoms with E-state index in [2.05, 4.69) is 27.7 Å². The largest absolute Gasteiger partial charge is 0.289 e. The van der Waals surface area contributed by atoms with Crippen molar-refractivity contribution in [1.29, 1.82) is 0 Å². The zero-order valence-corrected chi connectivity index (χ0v) is 43.4. The number of carbonyl (C=O) groups is 9. The maximum absolute atomic E-state index is 14.0. The Morgan fingerprint density at radius 2 is 0.603 bits per heavy atom. The van der Waals surface area contributed by atoms with Gasteiger partial charge in [-0.15, -0.1) is 0 Å². The normalized spacial score (nSPS) is 29.2. The van der Waals surface area contributed by atoms with E-state index < -0.39 is 29.4 Å². The molecule has 388 valence electrons. The number of benzene rings is 6. The van der Waals surface area contributed by atoms with E-state index in [1.165, 1.54) is 46.2 Å². The van der Waals surface area contributed by atoms with Crippen LogP contribution in [0.3, 0.4) is 0 Å². The lowest BCUT2D eigenvalue weighted by molar-refractivity contribution is -0.124. The second kappa shape index (κ2) is 17.3. The molecule has 12 atom stereocenters. The third kappa shape index (κ3) is 6.81. The van der Waals surface area contributed by atoms with Gasteiger partial charge in [0.15, 0.2) is 5.78 Å². The smallest absolute Gasteiger partial charge is 0.266 e.